The van der Waals surface area contributed by atoms with E-state index in [2.05, 4.69) is 111 Å². The zero-order valence-corrected chi connectivity index (χ0v) is 41.6. The molecule has 352 valence electrons. The highest BCUT2D eigenvalue weighted by Gasteiger charge is 1.79. The summed E-state index contributed by atoms with van der Waals surface area (Å²) in [5, 5.41) is 0. The second kappa shape index (κ2) is 140. The first-order valence-electron chi connectivity index (χ1n) is 23.3. The predicted octanol–water partition coefficient (Wildman–Crippen LogP) is 15.7. The molecule has 0 aromatic rings. The Kier molecular flexibility index (Phi) is 246. The summed E-state index contributed by atoms with van der Waals surface area (Å²) in [6.45, 7) is 35.7. The van der Waals surface area contributed by atoms with E-state index in [1.807, 2.05) is 0 Å². The highest BCUT2D eigenvalue weighted by Crippen LogP contribution is 1.99. The van der Waals surface area contributed by atoms with Gasteiger partial charge < -0.3 is 32.9 Å². The van der Waals surface area contributed by atoms with Gasteiger partial charge in [0.25, 0.3) is 0 Å². The molecule has 54 heavy (non-hydrogen) atoms. The molecule has 0 amide bonds. The van der Waals surface area contributed by atoms with E-state index >= 15 is 0 Å². The Morgan fingerprint density at radius 1 is 0.111 bits per heavy atom. The third-order valence-electron chi connectivity index (χ3n) is 7.66. The molecule has 0 aliphatic carbocycles. The van der Waals surface area contributed by atoms with Crippen molar-refractivity contribution < 1.29 is 32.9 Å². The van der Waals surface area contributed by atoms with Crippen LogP contribution in [0, 0.1) is 0 Å². The molecule has 0 aromatic heterocycles. The molecule has 0 heterocycles. The minimum atomic E-state index is 0. The van der Waals surface area contributed by atoms with E-state index in [-0.39, 0.29) is 32.9 Å². The molecule has 6 heteroatoms. The van der Waals surface area contributed by atoms with Crippen LogP contribution in [0.3, 0.4) is 0 Å². The maximum atomic E-state index is 2.23. The van der Waals surface area contributed by atoms with Crippen LogP contribution >= 0.6 is 0 Å². The minimum Gasteiger partial charge on any atom is -0.412 e. The van der Waals surface area contributed by atoms with Crippen LogP contribution in [-0.4, -0.2) is 32.9 Å². The van der Waals surface area contributed by atoms with Crippen molar-refractivity contribution in [2.24, 2.45) is 0 Å². The summed E-state index contributed by atoms with van der Waals surface area (Å²) in [5.41, 5.74) is 0. The van der Waals surface area contributed by atoms with Crippen molar-refractivity contribution in [2.75, 3.05) is 0 Å². The molecule has 0 aliphatic heterocycles. The fourth-order valence-electron chi connectivity index (χ4n) is 4.00. The van der Waals surface area contributed by atoms with Crippen LogP contribution < -0.4 is 0 Å². The molecule has 6 nitrogen and oxygen atoms in total. The second-order valence-corrected chi connectivity index (χ2v) is 13.7. The number of unbranched alkanes of at least 4 members (excludes halogenated alkanes) is 24. The molecule has 0 saturated heterocycles. The van der Waals surface area contributed by atoms with Gasteiger partial charge in [-0.05, 0) is 0 Å². The fraction of sp³-hybridized carbons (Fsp3) is 1.00. The Hall–Kier alpha value is -0.240. The summed E-state index contributed by atoms with van der Waals surface area (Å²) in [4.78, 5) is 0. The predicted molar refractivity (Wildman–Crippen MR) is 260 cm³/mol. The van der Waals surface area contributed by atoms with Gasteiger partial charge in [-0.2, -0.15) is 0 Å². The van der Waals surface area contributed by atoms with Crippen LogP contribution in [0.2, 0.25) is 0 Å². The van der Waals surface area contributed by atoms with Crippen LogP contribution in [0.1, 0.15) is 316 Å². The first-order chi connectivity index (χ1) is 23.3. The molecule has 0 spiro atoms. The number of rotatable bonds is 24. The summed E-state index contributed by atoms with van der Waals surface area (Å²) in [6.07, 6.45) is 44.3. The van der Waals surface area contributed by atoms with Gasteiger partial charge in [0.05, 0.1) is 0 Å². The molecular formula is C48H124O6. The lowest BCUT2D eigenvalue weighted by Crippen LogP contribution is -1.66. The van der Waals surface area contributed by atoms with E-state index in [9.17, 15) is 0 Å². The van der Waals surface area contributed by atoms with Gasteiger partial charge in [-0.15, -0.1) is 0 Å². The monoisotopic (exact) mass is 797 g/mol. The van der Waals surface area contributed by atoms with Gasteiger partial charge in [0.15, 0.2) is 0 Å². The topological polar surface area (TPSA) is 189 Å². The van der Waals surface area contributed by atoms with Gasteiger partial charge in [0.2, 0.25) is 0 Å². The SMILES string of the molecule is CCCCCC.CCCCCC.CCCCCC.CCCCCC.CCCCCC.CCCCCC.CCCCCC.CCCCCC.O.O.O.O.O.O. The average molecular weight is 798 g/mol. The number of hydrogen-bond acceptors (Lipinski definition) is 0. The fourth-order valence-corrected chi connectivity index (χ4v) is 4.00. The van der Waals surface area contributed by atoms with Gasteiger partial charge in [-0.1, -0.05) is 316 Å². The van der Waals surface area contributed by atoms with E-state index in [1.165, 1.54) is 205 Å². The highest BCUT2D eigenvalue weighted by molar-refractivity contribution is 4.35. The summed E-state index contributed by atoms with van der Waals surface area (Å²) >= 11 is 0. The second-order valence-electron chi connectivity index (χ2n) is 13.7. The van der Waals surface area contributed by atoms with Crippen LogP contribution in [-0.2, 0) is 0 Å². The van der Waals surface area contributed by atoms with E-state index in [4.69, 9.17) is 0 Å². The molecule has 0 saturated carbocycles. The Labute approximate surface area is 348 Å². The molecule has 0 fully saturated rings. The Morgan fingerprint density at radius 3 is 0.167 bits per heavy atom. The smallest absolute Gasteiger partial charge is 0.0536 e. The van der Waals surface area contributed by atoms with Crippen molar-refractivity contribution in [1.82, 2.24) is 0 Å². The molecule has 0 rings (SSSR count). The van der Waals surface area contributed by atoms with Gasteiger partial charge in [0, 0.05) is 0 Å². The van der Waals surface area contributed by atoms with Crippen LogP contribution in [0.4, 0.5) is 0 Å². The van der Waals surface area contributed by atoms with Crippen molar-refractivity contribution in [1.29, 1.82) is 0 Å². The van der Waals surface area contributed by atoms with Gasteiger partial charge in [-0.3, -0.25) is 0 Å². The van der Waals surface area contributed by atoms with Gasteiger partial charge >= 0.3 is 0 Å². The summed E-state index contributed by atoms with van der Waals surface area (Å²) in [6, 6.07) is 0. The van der Waals surface area contributed by atoms with Crippen LogP contribution in [0.5, 0.6) is 0 Å². The normalized spacial score (nSPS) is 8.00. The van der Waals surface area contributed by atoms with Crippen molar-refractivity contribution in [2.45, 2.75) is 316 Å². The Morgan fingerprint density at radius 2 is 0.148 bits per heavy atom. The molecule has 0 unspecified atom stereocenters. The van der Waals surface area contributed by atoms with Crippen LogP contribution in [0.15, 0.2) is 0 Å². The lowest BCUT2D eigenvalue weighted by atomic mass is 10.2. The maximum absolute atomic E-state index is 2.23. The van der Waals surface area contributed by atoms with E-state index in [1.54, 1.807) is 0 Å². The lowest BCUT2D eigenvalue weighted by molar-refractivity contribution is 0.702. The van der Waals surface area contributed by atoms with E-state index in [0.29, 0.717) is 0 Å². The molecular weight excluding hydrogens is 673 g/mol. The first kappa shape index (κ1) is 94.7. The molecule has 0 radical (unpaired) electrons. The standard InChI is InChI=1S/8C6H14.6H2O/c8*1-3-5-6-4-2;;;;;;/h8*3-6H2,1-2H3;6*1H2. The van der Waals surface area contributed by atoms with Crippen molar-refractivity contribution in [3.8, 4) is 0 Å². The van der Waals surface area contributed by atoms with Crippen molar-refractivity contribution >= 4 is 0 Å². The van der Waals surface area contributed by atoms with Crippen molar-refractivity contribution in [3.05, 3.63) is 0 Å². The average Bonchev–Trinajstić information content (AvgIpc) is 3.12. The third kappa shape index (κ3) is 236. The molecule has 12 N–H and O–H groups in total. The van der Waals surface area contributed by atoms with Gasteiger partial charge in [0.1, 0.15) is 0 Å². The van der Waals surface area contributed by atoms with Crippen LogP contribution in [0.25, 0.3) is 0 Å². The zero-order valence-electron chi connectivity index (χ0n) is 41.6. The van der Waals surface area contributed by atoms with Gasteiger partial charge in [-0.25, -0.2) is 0 Å². The Balaban J connectivity index is -0.0000000278. The third-order valence-corrected chi connectivity index (χ3v) is 7.66. The molecule has 0 aromatic carbocycles. The Bertz CT molecular complexity index is 219. The quantitative estimate of drug-likeness (QED) is 0.0841. The highest BCUT2D eigenvalue weighted by atomic mass is 16.0. The van der Waals surface area contributed by atoms with E-state index < -0.39 is 0 Å². The first-order valence-corrected chi connectivity index (χ1v) is 23.3. The lowest BCUT2D eigenvalue weighted by Gasteiger charge is -1.86. The number of hydrogen-bond donors (Lipinski definition) is 0. The summed E-state index contributed by atoms with van der Waals surface area (Å²) in [5.74, 6) is 0. The molecule has 0 aliphatic rings. The zero-order chi connectivity index (χ0) is 38.6. The van der Waals surface area contributed by atoms with Crippen molar-refractivity contribution in [3.63, 3.8) is 0 Å². The largest absolute Gasteiger partial charge is 0.412 e. The summed E-state index contributed by atoms with van der Waals surface area (Å²) in [7, 11) is 0. The summed E-state index contributed by atoms with van der Waals surface area (Å²) < 4.78 is 0. The maximum Gasteiger partial charge on any atom is -0.0536 e. The molecule has 0 bridgehead atoms. The van der Waals surface area contributed by atoms with E-state index in [0.717, 1.165) is 0 Å². The molecule has 0 atom stereocenters. The minimum absolute atomic E-state index is 0.